The molecule has 0 aliphatic carbocycles. The lowest BCUT2D eigenvalue weighted by Gasteiger charge is -2.40. The second-order valence-electron chi connectivity index (χ2n) is 23.2. The van der Waals surface area contributed by atoms with E-state index < -0.39 is 49.5 Å². The van der Waals surface area contributed by atoms with Crippen LogP contribution >= 0.6 is 0 Å². The minimum Gasteiger partial charge on any atom is -0.466 e. The van der Waals surface area contributed by atoms with Gasteiger partial charge in [0, 0.05) is 12.8 Å². The van der Waals surface area contributed by atoms with E-state index in [2.05, 4.69) is 66.9 Å². The molecule has 1 amide bonds. The molecule has 1 aliphatic heterocycles. The lowest BCUT2D eigenvalue weighted by molar-refractivity contribution is -0.302. The third-order valence-electron chi connectivity index (χ3n) is 15.6. The molecule has 0 aromatic rings. The van der Waals surface area contributed by atoms with Crippen molar-refractivity contribution in [3.8, 4) is 0 Å². The van der Waals surface area contributed by atoms with Gasteiger partial charge < -0.3 is 45.1 Å². The average Bonchev–Trinajstić information content (AvgIpc) is 3.47. The van der Waals surface area contributed by atoms with E-state index >= 15 is 0 Å². The molecule has 11 nitrogen and oxygen atoms in total. The molecule has 7 atom stereocenters. The number of amides is 1. The predicted molar refractivity (Wildman–Crippen MR) is 338 cm³/mol. The summed E-state index contributed by atoms with van der Waals surface area (Å²) in [4.78, 5) is 25.1. The lowest BCUT2D eigenvalue weighted by Crippen LogP contribution is -2.60. The van der Waals surface area contributed by atoms with Crippen molar-refractivity contribution in [2.75, 3.05) is 19.8 Å². The first kappa shape index (κ1) is 76.1. The van der Waals surface area contributed by atoms with E-state index in [-0.39, 0.29) is 18.5 Å². The third kappa shape index (κ3) is 48.1. The molecule has 0 spiro atoms. The van der Waals surface area contributed by atoms with Crippen molar-refractivity contribution in [1.29, 1.82) is 0 Å². The first-order valence-corrected chi connectivity index (χ1v) is 33.7. The molecule has 6 N–H and O–H groups in total. The fourth-order valence-electron chi connectivity index (χ4n) is 10.3. The smallest absolute Gasteiger partial charge is 0.305 e. The van der Waals surface area contributed by atoms with Crippen LogP contribution < -0.4 is 5.32 Å². The van der Waals surface area contributed by atoms with Crippen LogP contribution in [0.1, 0.15) is 296 Å². The Bertz CT molecular complexity index is 1580. The Morgan fingerprint density at radius 1 is 0.481 bits per heavy atom. The normalized spacial score (nSPS) is 18.7. The highest BCUT2D eigenvalue weighted by molar-refractivity contribution is 5.76. The summed E-state index contributed by atoms with van der Waals surface area (Å²) < 4.78 is 16.7. The summed E-state index contributed by atoms with van der Waals surface area (Å²) in [5.41, 5.74) is 0. The molecule has 470 valence electrons. The van der Waals surface area contributed by atoms with Crippen LogP contribution in [0.25, 0.3) is 0 Å². The molecule has 0 saturated carbocycles. The van der Waals surface area contributed by atoms with Crippen LogP contribution in [-0.4, -0.2) is 100 Å². The summed E-state index contributed by atoms with van der Waals surface area (Å²) in [5, 5.41) is 54.2. The SMILES string of the molecule is C/C=C/CC/C=C/CC/C=C/C(O)C(COC1OC(CO)C(O)C(O)C1O)NC(=O)CCCCCCCCCCC/C=C\C/C=C\CCCCCCCCCCCOC(=O)CCCCCCCCCCC/C=C\CCCCCCCC. The van der Waals surface area contributed by atoms with Crippen molar-refractivity contribution >= 4 is 11.9 Å². The molecule has 1 fully saturated rings. The number of hydrogen-bond acceptors (Lipinski definition) is 10. The number of carbonyl (C=O) groups is 2. The summed E-state index contributed by atoms with van der Waals surface area (Å²) in [7, 11) is 0. The highest BCUT2D eigenvalue weighted by atomic mass is 16.7. The van der Waals surface area contributed by atoms with Gasteiger partial charge in [-0.15, -0.1) is 0 Å². The Balaban J connectivity index is 1.96. The fourth-order valence-corrected chi connectivity index (χ4v) is 10.3. The lowest BCUT2D eigenvalue weighted by atomic mass is 9.99. The minimum absolute atomic E-state index is 0.00331. The zero-order chi connectivity index (χ0) is 58.7. The number of hydrogen-bond donors (Lipinski definition) is 6. The molecule has 1 saturated heterocycles. The monoisotopic (exact) mass is 1140 g/mol. The number of ether oxygens (including phenoxy) is 3. The molecule has 1 aliphatic rings. The minimum atomic E-state index is -1.58. The fraction of sp³-hybridized carbons (Fsp3) is 0.800. The second-order valence-corrected chi connectivity index (χ2v) is 23.2. The van der Waals surface area contributed by atoms with Crippen LogP contribution in [0, 0.1) is 0 Å². The Hall–Kier alpha value is -2.90. The molecule has 1 heterocycles. The van der Waals surface area contributed by atoms with Crippen molar-refractivity contribution in [2.45, 2.75) is 339 Å². The van der Waals surface area contributed by atoms with Crippen molar-refractivity contribution in [3.63, 3.8) is 0 Å². The Morgan fingerprint density at radius 2 is 0.889 bits per heavy atom. The van der Waals surface area contributed by atoms with E-state index in [4.69, 9.17) is 14.2 Å². The van der Waals surface area contributed by atoms with Crippen LogP contribution in [0.3, 0.4) is 0 Å². The van der Waals surface area contributed by atoms with Gasteiger partial charge in [-0.05, 0) is 110 Å². The number of esters is 1. The summed E-state index contributed by atoms with van der Waals surface area (Å²) in [6.45, 7) is 4.08. The number of unbranched alkanes of at least 4 members (excludes halogenated alkanes) is 35. The quantitative estimate of drug-likeness (QED) is 0.0195. The molecule has 0 aromatic carbocycles. The number of aliphatic hydroxyl groups excluding tert-OH is 5. The van der Waals surface area contributed by atoms with Crippen molar-refractivity contribution < 1.29 is 49.3 Å². The van der Waals surface area contributed by atoms with Gasteiger partial charge in [0.25, 0.3) is 0 Å². The highest BCUT2D eigenvalue weighted by Gasteiger charge is 2.44. The zero-order valence-corrected chi connectivity index (χ0v) is 52.0. The van der Waals surface area contributed by atoms with E-state index in [9.17, 15) is 35.1 Å². The van der Waals surface area contributed by atoms with Gasteiger partial charge in [0.2, 0.25) is 5.91 Å². The first-order valence-electron chi connectivity index (χ1n) is 33.7. The highest BCUT2D eigenvalue weighted by Crippen LogP contribution is 2.23. The molecule has 1 rings (SSSR count). The maximum atomic E-state index is 13.0. The van der Waals surface area contributed by atoms with Gasteiger partial charge in [0.1, 0.15) is 24.4 Å². The molecular formula is C70H125NO10. The summed E-state index contributed by atoms with van der Waals surface area (Å²) in [5.74, 6) is -0.210. The molecule has 7 unspecified atom stereocenters. The second kappa shape index (κ2) is 58.9. The molecule has 0 radical (unpaired) electrons. The largest absolute Gasteiger partial charge is 0.466 e. The summed E-state index contributed by atoms with van der Waals surface area (Å²) in [6, 6.07) is -0.840. The first-order chi connectivity index (χ1) is 39.7. The van der Waals surface area contributed by atoms with Crippen LogP contribution in [0.15, 0.2) is 72.9 Å². The Morgan fingerprint density at radius 3 is 1.37 bits per heavy atom. The Labute approximate surface area is 496 Å². The molecule has 81 heavy (non-hydrogen) atoms. The average molecular weight is 1140 g/mol. The zero-order valence-electron chi connectivity index (χ0n) is 52.0. The maximum absolute atomic E-state index is 13.0. The Kier molecular flexibility index (Phi) is 55.3. The van der Waals surface area contributed by atoms with E-state index in [0.29, 0.717) is 25.9 Å². The van der Waals surface area contributed by atoms with Gasteiger partial charge >= 0.3 is 5.97 Å². The molecule has 0 aromatic heterocycles. The summed E-state index contributed by atoms with van der Waals surface area (Å²) in [6.07, 6.45) is 69.2. The van der Waals surface area contributed by atoms with E-state index in [1.165, 1.54) is 180 Å². The van der Waals surface area contributed by atoms with Gasteiger partial charge in [0.15, 0.2) is 6.29 Å². The van der Waals surface area contributed by atoms with Gasteiger partial charge in [-0.25, -0.2) is 0 Å². The van der Waals surface area contributed by atoms with Gasteiger partial charge in [-0.1, -0.05) is 247 Å². The standard InChI is InChI=1S/C70H125NO10/c1-3-5-7-9-11-13-14-15-16-17-25-29-32-35-38-42-46-50-54-58-66(75)79-59-55-51-47-43-39-36-33-30-27-24-22-20-18-19-21-23-26-28-31-34-37-41-45-49-53-57-65(74)71-62(63(73)56-52-48-44-40-12-10-8-6-4-2)61-80-70-69(78)68(77)67(76)64(60-72)81-70/h4,6,12,15-16,19-22,40,52,56,62-64,67-70,72-73,76-78H,3,5,7-11,13-14,17-18,23-39,41-51,53-55,57-61H2,1-2H3,(H,71,74)/b6-4+,16-15-,21-19-,22-20-,40-12+,56-52+. The van der Waals surface area contributed by atoms with Crippen LogP contribution in [0.4, 0.5) is 0 Å². The van der Waals surface area contributed by atoms with E-state index in [0.717, 1.165) is 83.5 Å². The van der Waals surface area contributed by atoms with Crippen molar-refractivity contribution in [3.05, 3.63) is 72.9 Å². The summed E-state index contributed by atoms with van der Waals surface area (Å²) >= 11 is 0. The van der Waals surface area contributed by atoms with Crippen LogP contribution in [0.2, 0.25) is 0 Å². The molecular weight excluding hydrogens is 1010 g/mol. The third-order valence-corrected chi connectivity index (χ3v) is 15.6. The van der Waals surface area contributed by atoms with Gasteiger partial charge in [-0.3, -0.25) is 9.59 Å². The van der Waals surface area contributed by atoms with Crippen molar-refractivity contribution in [2.24, 2.45) is 0 Å². The van der Waals surface area contributed by atoms with Gasteiger partial charge in [0.05, 0.1) is 32.0 Å². The van der Waals surface area contributed by atoms with Crippen LogP contribution in [-0.2, 0) is 23.8 Å². The van der Waals surface area contributed by atoms with E-state index in [1.807, 2.05) is 19.1 Å². The number of rotatable bonds is 58. The number of aliphatic hydroxyl groups is 5. The number of carbonyl (C=O) groups excluding carboxylic acids is 2. The van der Waals surface area contributed by atoms with Gasteiger partial charge in [-0.2, -0.15) is 0 Å². The van der Waals surface area contributed by atoms with Crippen molar-refractivity contribution in [1.82, 2.24) is 5.32 Å². The molecule has 11 heteroatoms. The number of allylic oxidation sites excluding steroid dienone is 11. The van der Waals surface area contributed by atoms with Crippen LogP contribution in [0.5, 0.6) is 0 Å². The molecule has 0 bridgehead atoms. The number of nitrogens with one attached hydrogen (secondary N) is 1. The topological polar surface area (TPSA) is 175 Å². The maximum Gasteiger partial charge on any atom is 0.305 e. The van der Waals surface area contributed by atoms with E-state index in [1.54, 1.807) is 6.08 Å². The predicted octanol–water partition coefficient (Wildman–Crippen LogP) is 16.7.